The molecule has 3 aromatic carbocycles. The van der Waals surface area contributed by atoms with Crippen LogP contribution in [0.25, 0.3) is 11.1 Å². The maximum absolute atomic E-state index is 12.5. The fourth-order valence-electron chi connectivity index (χ4n) is 3.20. The predicted octanol–water partition coefficient (Wildman–Crippen LogP) is 5.92. The molecule has 4 nitrogen and oxygen atoms in total. The number of cyclic esters (lactones) is 1. The summed E-state index contributed by atoms with van der Waals surface area (Å²) >= 11 is 11.9. The van der Waals surface area contributed by atoms with Crippen molar-refractivity contribution in [3.05, 3.63) is 94.0 Å². The van der Waals surface area contributed by atoms with Crippen LogP contribution in [0.5, 0.6) is 11.5 Å². The summed E-state index contributed by atoms with van der Waals surface area (Å²) in [4.78, 5) is 12.5. The molecule has 0 N–H and O–H groups in total. The minimum atomic E-state index is -0.367. The summed E-state index contributed by atoms with van der Waals surface area (Å²) in [5, 5.41) is 1.29. The second kappa shape index (κ2) is 9.24. The van der Waals surface area contributed by atoms with E-state index in [1.165, 1.54) is 0 Å². The maximum Gasteiger partial charge on any atom is 0.339 e. The number of halogens is 2. The molecular formula is C24H18Cl2O4. The van der Waals surface area contributed by atoms with E-state index in [2.05, 4.69) is 0 Å². The van der Waals surface area contributed by atoms with Crippen molar-refractivity contribution in [2.75, 3.05) is 19.8 Å². The first-order valence-corrected chi connectivity index (χ1v) is 10.1. The maximum atomic E-state index is 12.5. The molecule has 1 aliphatic heterocycles. The third-order valence-corrected chi connectivity index (χ3v) is 5.13. The molecule has 4 rings (SSSR count). The summed E-state index contributed by atoms with van der Waals surface area (Å²) in [5.41, 5.74) is 2.90. The summed E-state index contributed by atoms with van der Waals surface area (Å²) in [7, 11) is 0. The van der Waals surface area contributed by atoms with Gasteiger partial charge in [-0.15, -0.1) is 0 Å². The van der Waals surface area contributed by atoms with E-state index in [9.17, 15) is 4.79 Å². The Labute approximate surface area is 184 Å². The SMILES string of the molecule is O=C1OCC(c2ccc(Cl)cc2)=C1c1ccccc1OCCOc1ccc(Cl)cc1. The summed E-state index contributed by atoms with van der Waals surface area (Å²) in [5.74, 6) is 0.939. The van der Waals surface area contributed by atoms with Crippen molar-refractivity contribution >= 4 is 40.3 Å². The topological polar surface area (TPSA) is 44.8 Å². The highest BCUT2D eigenvalue weighted by molar-refractivity contribution is 6.31. The molecule has 0 atom stereocenters. The molecule has 152 valence electrons. The first kappa shape index (κ1) is 20.3. The van der Waals surface area contributed by atoms with E-state index >= 15 is 0 Å². The van der Waals surface area contributed by atoms with Crippen molar-refractivity contribution in [3.8, 4) is 11.5 Å². The second-order valence-electron chi connectivity index (χ2n) is 6.58. The fourth-order valence-corrected chi connectivity index (χ4v) is 3.45. The van der Waals surface area contributed by atoms with Crippen LogP contribution in [0.2, 0.25) is 10.0 Å². The Bertz CT molecular complexity index is 1070. The number of hydrogen-bond donors (Lipinski definition) is 0. The summed E-state index contributed by atoms with van der Waals surface area (Å²) in [6.45, 7) is 0.881. The number of benzene rings is 3. The van der Waals surface area contributed by atoms with Gasteiger partial charge in [-0.3, -0.25) is 0 Å². The zero-order chi connectivity index (χ0) is 20.9. The van der Waals surface area contributed by atoms with Crippen LogP contribution in [0.4, 0.5) is 0 Å². The molecule has 0 aliphatic carbocycles. The zero-order valence-electron chi connectivity index (χ0n) is 15.9. The average Bonchev–Trinajstić information content (AvgIpc) is 3.14. The molecule has 0 saturated carbocycles. The monoisotopic (exact) mass is 440 g/mol. The molecule has 6 heteroatoms. The van der Waals surface area contributed by atoms with Gasteiger partial charge in [-0.2, -0.15) is 0 Å². The number of ether oxygens (including phenoxy) is 3. The first-order chi connectivity index (χ1) is 14.6. The Morgan fingerprint density at radius 1 is 0.800 bits per heavy atom. The summed E-state index contributed by atoms with van der Waals surface area (Å²) in [6.07, 6.45) is 0. The lowest BCUT2D eigenvalue weighted by atomic mass is 9.96. The van der Waals surface area contributed by atoms with Gasteiger partial charge in [0.2, 0.25) is 0 Å². The van der Waals surface area contributed by atoms with E-state index in [0.29, 0.717) is 45.9 Å². The fraction of sp³-hybridized carbons (Fsp3) is 0.125. The van der Waals surface area contributed by atoms with Crippen molar-refractivity contribution in [1.29, 1.82) is 0 Å². The highest BCUT2D eigenvalue weighted by atomic mass is 35.5. The van der Waals surface area contributed by atoms with E-state index < -0.39 is 0 Å². The number of carbonyl (C=O) groups excluding carboxylic acids is 1. The van der Waals surface area contributed by atoms with Gasteiger partial charge in [-0.1, -0.05) is 53.5 Å². The number of para-hydroxylation sites is 1. The Balaban J connectivity index is 1.53. The van der Waals surface area contributed by atoms with Crippen molar-refractivity contribution in [2.45, 2.75) is 0 Å². The summed E-state index contributed by atoms with van der Waals surface area (Å²) < 4.78 is 16.9. The van der Waals surface area contributed by atoms with E-state index in [-0.39, 0.29) is 12.6 Å². The van der Waals surface area contributed by atoms with Crippen LogP contribution in [-0.4, -0.2) is 25.8 Å². The molecule has 0 saturated heterocycles. The largest absolute Gasteiger partial charge is 0.490 e. The van der Waals surface area contributed by atoms with Crippen LogP contribution < -0.4 is 9.47 Å². The normalized spacial score (nSPS) is 13.3. The Morgan fingerprint density at radius 3 is 2.17 bits per heavy atom. The molecule has 0 unspecified atom stereocenters. The number of carbonyl (C=O) groups is 1. The van der Waals surface area contributed by atoms with Crippen LogP contribution in [0.15, 0.2) is 72.8 Å². The lowest BCUT2D eigenvalue weighted by Gasteiger charge is -2.13. The molecule has 0 spiro atoms. The van der Waals surface area contributed by atoms with Crippen LogP contribution in [0, 0.1) is 0 Å². The minimum Gasteiger partial charge on any atom is -0.490 e. The van der Waals surface area contributed by atoms with E-state index in [4.69, 9.17) is 37.4 Å². The van der Waals surface area contributed by atoms with Crippen molar-refractivity contribution in [1.82, 2.24) is 0 Å². The second-order valence-corrected chi connectivity index (χ2v) is 7.46. The van der Waals surface area contributed by atoms with Crippen LogP contribution >= 0.6 is 23.2 Å². The van der Waals surface area contributed by atoms with Gasteiger partial charge in [0, 0.05) is 21.2 Å². The minimum absolute atomic E-state index is 0.212. The van der Waals surface area contributed by atoms with Gasteiger partial charge < -0.3 is 14.2 Å². The number of esters is 1. The first-order valence-electron chi connectivity index (χ1n) is 9.38. The Hall–Kier alpha value is -2.95. The highest BCUT2D eigenvalue weighted by Gasteiger charge is 2.29. The van der Waals surface area contributed by atoms with E-state index in [0.717, 1.165) is 11.1 Å². The molecule has 0 amide bonds. The van der Waals surface area contributed by atoms with Crippen molar-refractivity contribution in [2.24, 2.45) is 0 Å². The van der Waals surface area contributed by atoms with Crippen LogP contribution in [0.1, 0.15) is 11.1 Å². The van der Waals surface area contributed by atoms with E-state index in [1.807, 2.05) is 36.4 Å². The molecule has 0 fully saturated rings. The Kier molecular flexibility index (Phi) is 6.26. The van der Waals surface area contributed by atoms with Gasteiger partial charge in [0.05, 0.1) is 5.57 Å². The zero-order valence-corrected chi connectivity index (χ0v) is 17.5. The van der Waals surface area contributed by atoms with Gasteiger partial charge in [0.25, 0.3) is 0 Å². The third kappa shape index (κ3) is 4.61. The van der Waals surface area contributed by atoms with Crippen LogP contribution in [0.3, 0.4) is 0 Å². The average molecular weight is 441 g/mol. The third-order valence-electron chi connectivity index (χ3n) is 4.63. The molecule has 0 aromatic heterocycles. The highest BCUT2D eigenvalue weighted by Crippen LogP contribution is 2.37. The van der Waals surface area contributed by atoms with Gasteiger partial charge >= 0.3 is 5.97 Å². The smallest absolute Gasteiger partial charge is 0.339 e. The van der Waals surface area contributed by atoms with Gasteiger partial charge in [-0.05, 0) is 48.0 Å². The van der Waals surface area contributed by atoms with Gasteiger partial charge in [-0.25, -0.2) is 4.79 Å². The molecule has 1 aliphatic rings. The molecule has 30 heavy (non-hydrogen) atoms. The van der Waals surface area contributed by atoms with Gasteiger partial charge in [0.15, 0.2) is 0 Å². The van der Waals surface area contributed by atoms with Crippen molar-refractivity contribution < 1.29 is 19.0 Å². The Morgan fingerprint density at radius 2 is 1.43 bits per heavy atom. The summed E-state index contributed by atoms with van der Waals surface area (Å²) in [6, 6.07) is 21.9. The van der Waals surface area contributed by atoms with Gasteiger partial charge in [0.1, 0.15) is 31.3 Å². The molecule has 3 aromatic rings. The number of hydrogen-bond acceptors (Lipinski definition) is 4. The molecule has 1 heterocycles. The lowest BCUT2D eigenvalue weighted by molar-refractivity contribution is -0.133. The molecule has 0 bridgehead atoms. The molecule has 0 radical (unpaired) electrons. The molecular weight excluding hydrogens is 423 g/mol. The van der Waals surface area contributed by atoms with Crippen LogP contribution in [-0.2, 0) is 9.53 Å². The van der Waals surface area contributed by atoms with Crippen molar-refractivity contribution in [3.63, 3.8) is 0 Å². The standard InChI is InChI=1S/C24H18Cl2O4/c25-17-7-5-16(6-8-17)21-15-30-24(27)23(21)20-3-1-2-4-22(20)29-14-13-28-19-11-9-18(26)10-12-19/h1-12H,13-15H2. The number of rotatable bonds is 7. The lowest BCUT2D eigenvalue weighted by Crippen LogP contribution is -2.10. The quantitative estimate of drug-likeness (QED) is 0.337. The predicted molar refractivity (Wildman–Crippen MR) is 118 cm³/mol. The van der Waals surface area contributed by atoms with E-state index in [1.54, 1.807) is 36.4 Å².